The van der Waals surface area contributed by atoms with Crippen LogP contribution in [-0.2, 0) is 0 Å². The van der Waals surface area contributed by atoms with Crippen molar-refractivity contribution in [3.63, 3.8) is 0 Å². The Hall–Kier alpha value is -2.15. The molecule has 0 saturated carbocycles. The molecule has 2 heterocycles. The molecule has 2 aliphatic heterocycles. The van der Waals surface area contributed by atoms with Gasteiger partial charge in [0.1, 0.15) is 5.69 Å². The van der Waals surface area contributed by atoms with Gasteiger partial charge in [0.2, 0.25) is 0 Å². The van der Waals surface area contributed by atoms with Gasteiger partial charge in [-0.2, -0.15) is 0 Å². The van der Waals surface area contributed by atoms with E-state index in [4.69, 9.17) is 0 Å². The first kappa shape index (κ1) is 18.6. The molecule has 2 saturated heterocycles. The van der Waals surface area contributed by atoms with E-state index in [1.807, 2.05) is 0 Å². The Kier molecular flexibility index (Phi) is 6.44. The highest BCUT2D eigenvalue weighted by atomic mass is 16.6. The second-order valence-corrected chi connectivity index (χ2v) is 7.17. The average Bonchev–Trinajstić information content (AvgIpc) is 3.18. The normalized spacial score (nSPS) is 18.1. The fourth-order valence-electron chi connectivity index (χ4n) is 3.83. The van der Waals surface area contributed by atoms with E-state index in [0.717, 1.165) is 52.0 Å². The van der Waals surface area contributed by atoms with Crippen molar-refractivity contribution >= 4 is 17.3 Å². The van der Waals surface area contributed by atoms with Gasteiger partial charge in [0, 0.05) is 31.3 Å². The number of rotatable bonds is 7. The summed E-state index contributed by atoms with van der Waals surface area (Å²) in [4.78, 5) is 27.9. The molecule has 3 rings (SSSR count). The van der Waals surface area contributed by atoms with Crippen LogP contribution in [0.3, 0.4) is 0 Å². The number of nitro benzene ring substituents is 1. The van der Waals surface area contributed by atoms with E-state index in [-0.39, 0.29) is 16.5 Å². The Labute approximate surface area is 154 Å². The summed E-state index contributed by atoms with van der Waals surface area (Å²) < 4.78 is 0. The van der Waals surface area contributed by atoms with Crippen molar-refractivity contribution in [3.8, 4) is 0 Å². The summed E-state index contributed by atoms with van der Waals surface area (Å²) >= 11 is 0. The highest BCUT2D eigenvalue weighted by molar-refractivity contribution is 5.95. The lowest BCUT2D eigenvalue weighted by molar-refractivity contribution is -0.384. The van der Waals surface area contributed by atoms with Gasteiger partial charge in [-0.1, -0.05) is 0 Å². The molecule has 0 atom stereocenters. The zero-order valence-corrected chi connectivity index (χ0v) is 15.3. The van der Waals surface area contributed by atoms with Crippen molar-refractivity contribution in [2.24, 2.45) is 0 Å². The van der Waals surface area contributed by atoms with Crippen molar-refractivity contribution in [2.45, 2.75) is 38.5 Å². The summed E-state index contributed by atoms with van der Waals surface area (Å²) in [7, 11) is 0. The topological polar surface area (TPSA) is 78.7 Å². The maximum atomic E-state index is 12.3. The smallest absolute Gasteiger partial charge is 0.293 e. The van der Waals surface area contributed by atoms with Gasteiger partial charge in [-0.3, -0.25) is 14.9 Å². The molecule has 2 aliphatic rings. The Bertz CT molecular complexity index is 638. The lowest BCUT2D eigenvalue weighted by Crippen LogP contribution is -2.30. The van der Waals surface area contributed by atoms with E-state index in [1.165, 1.54) is 25.3 Å². The van der Waals surface area contributed by atoms with Crippen LogP contribution in [0.1, 0.15) is 48.9 Å². The number of benzene rings is 1. The molecule has 0 aromatic heterocycles. The van der Waals surface area contributed by atoms with Gasteiger partial charge in [-0.25, -0.2) is 0 Å². The molecule has 1 aromatic carbocycles. The first-order valence-corrected chi connectivity index (χ1v) is 9.69. The minimum absolute atomic E-state index is 0.0246. The molecule has 1 aromatic rings. The summed E-state index contributed by atoms with van der Waals surface area (Å²) in [5, 5.41) is 14.4. The first-order chi connectivity index (χ1) is 12.6. The first-order valence-electron chi connectivity index (χ1n) is 9.69. The van der Waals surface area contributed by atoms with Crippen LogP contribution in [0.2, 0.25) is 0 Å². The molecule has 26 heavy (non-hydrogen) atoms. The molecular formula is C19H28N4O3. The summed E-state index contributed by atoms with van der Waals surface area (Å²) in [6.07, 6.45) is 6.70. The van der Waals surface area contributed by atoms with E-state index in [2.05, 4.69) is 15.1 Å². The number of nitro groups is 1. The fraction of sp³-hybridized carbons (Fsp3) is 0.632. The molecule has 142 valence electrons. The SMILES string of the molecule is O=C(NCCCN1CCCC1)c1ccc(N2CCCCC2)c([N+](=O)[O-])c1. The number of piperidine rings is 1. The minimum Gasteiger partial charge on any atom is -0.366 e. The number of nitrogens with zero attached hydrogens (tertiary/aromatic N) is 3. The van der Waals surface area contributed by atoms with Crippen LogP contribution < -0.4 is 10.2 Å². The van der Waals surface area contributed by atoms with E-state index in [0.29, 0.717) is 17.8 Å². The number of hydrogen-bond donors (Lipinski definition) is 1. The van der Waals surface area contributed by atoms with Gasteiger partial charge < -0.3 is 15.1 Å². The van der Waals surface area contributed by atoms with Crippen LogP contribution in [0.5, 0.6) is 0 Å². The molecule has 7 heteroatoms. The second kappa shape index (κ2) is 8.98. The Morgan fingerprint density at radius 3 is 2.46 bits per heavy atom. The molecule has 0 radical (unpaired) electrons. The predicted octanol–water partition coefficient (Wildman–Crippen LogP) is 2.80. The second-order valence-electron chi connectivity index (χ2n) is 7.17. The molecule has 0 unspecified atom stereocenters. The van der Waals surface area contributed by atoms with Gasteiger partial charge in [0.25, 0.3) is 11.6 Å². The molecule has 7 nitrogen and oxygen atoms in total. The van der Waals surface area contributed by atoms with Crippen LogP contribution in [0.4, 0.5) is 11.4 Å². The lowest BCUT2D eigenvalue weighted by atomic mass is 10.1. The highest BCUT2D eigenvalue weighted by Gasteiger charge is 2.23. The average molecular weight is 360 g/mol. The Morgan fingerprint density at radius 1 is 1.08 bits per heavy atom. The van der Waals surface area contributed by atoms with Gasteiger partial charge in [-0.05, 0) is 70.3 Å². The number of carbonyl (C=O) groups is 1. The highest BCUT2D eigenvalue weighted by Crippen LogP contribution is 2.31. The Morgan fingerprint density at radius 2 is 1.77 bits per heavy atom. The predicted molar refractivity (Wildman–Crippen MR) is 102 cm³/mol. The standard InChI is InChI=1S/C19H28N4O3/c24-19(20-9-6-12-21-10-4-5-11-21)16-7-8-17(18(15-16)23(25)26)22-13-2-1-3-14-22/h7-8,15H,1-6,9-14H2,(H,20,24). The summed E-state index contributed by atoms with van der Waals surface area (Å²) in [6, 6.07) is 4.84. The zero-order valence-electron chi connectivity index (χ0n) is 15.3. The summed E-state index contributed by atoms with van der Waals surface area (Å²) in [6.45, 7) is 5.56. The Balaban J connectivity index is 1.58. The van der Waals surface area contributed by atoms with Crippen molar-refractivity contribution < 1.29 is 9.72 Å². The maximum Gasteiger partial charge on any atom is 0.293 e. The lowest BCUT2D eigenvalue weighted by Gasteiger charge is -2.28. The third kappa shape index (κ3) is 4.72. The van der Waals surface area contributed by atoms with Gasteiger partial charge >= 0.3 is 0 Å². The summed E-state index contributed by atoms with van der Waals surface area (Å²) in [5.74, 6) is -0.236. The number of hydrogen-bond acceptors (Lipinski definition) is 5. The van der Waals surface area contributed by atoms with Crippen LogP contribution in [0.15, 0.2) is 18.2 Å². The van der Waals surface area contributed by atoms with E-state index < -0.39 is 0 Å². The molecule has 0 bridgehead atoms. The van der Waals surface area contributed by atoms with E-state index in [9.17, 15) is 14.9 Å². The molecule has 2 fully saturated rings. The number of likely N-dealkylation sites (tertiary alicyclic amines) is 1. The van der Waals surface area contributed by atoms with Gasteiger partial charge in [-0.15, -0.1) is 0 Å². The van der Waals surface area contributed by atoms with Crippen molar-refractivity contribution in [2.75, 3.05) is 44.2 Å². The third-order valence-electron chi connectivity index (χ3n) is 5.27. The minimum atomic E-state index is -0.381. The fourth-order valence-corrected chi connectivity index (χ4v) is 3.83. The van der Waals surface area contributed by atoms with Crippen LogP contribution >= 0.6 is 0 Å². The molecule has 1 N–H and O–H groups in total. The molecule has 1 amide bonds. The quantitative estimate of drug-likeness (QED) is 0.459. The van der Waals surface area contributed by atoms with E-state index in [1.54, 1.807) is 12.1 Å². The monoisotopic (exact) mass is 360 g/mol. The van der Waals surface area contributed by atoms with Crippen LogP contribution in [0.25, 0.3) is 0 Å². The van der Waals surface area contributed by atoms with Gasteiger partial charge in [0.15, 0.2) is 0 Å². The van der Waals surface area contributed by atoms with Crippen molar-refractivity contribution in [3.05, 3.63) is 33.9 Å². The molecular weight excluding hydrogens is 332 g/mol. The van der Waals surface area contributed by atoms with Crippen molar-refractivity contribution in [1.82, 2.24) is 10.2 Å². The third-order valence-corrected chi connectivity index (χ3v) is 5.27. The number of anilines is 1. The summed E-state index contributed by atoms with van der Waals surface area (Å²) in [5.41, 5.74) is 1.01. The molecule has 0 spiro atoms. The van der Waals surface area contributed by atoms with Crippen molar-refractivity contribution in [1.29, 1.82) is 0 Å². The van der Waals surface area contributed by atoms with E-state index >= 15 is 0 Å². The maximum absolute atomic E-state index is 12.3. The number of nitrogens with one attached hydrogen (secondary N) is 1. The number of amides is 1. The van der Waals surface area contributed by atoms with Crippen LogP contribution in [0, 0.1) is 10.1 Å². The zero-order chi connectivity index (χ0) is 18.4. The largest absolute Gasteiger partial charge is 0.366 e. The number of carbonyl (C=O) groups excluding carboxylic acids is 1. The van der Waals surface area contributed by atoms with Crippen LogP contribution in [-0.4, -0.2) is 55.0 Å². The van der Waals surface area contributed by atoms with Gasteiger partial charge in [0.05, 0.1) is 4.92 Å². The molecule has 0 aliphatic carbocycles.